The van der Waals surface area contributed by atoms with Crippen LogP contribution in [0.4, 0.5) is 5.13 Å². The first-order valence-electron chi connectivity index (χ1n) is 7.64. The minimum atomic E-state index is 0.525. The maximum Gasteiger partial charge on any atom is 0.185 e. The van der Waals surface area contributed by atoms with Crippen LogP contribution in [0.15, 0.2) is 0 Å². The van der Waals surface area contributed by atoms with Gasteiger partial charge in [-0.3, -0.25) is 0 Å². The van der Waals surface area contributed by atoms with Crippen molar-refractivity contribution < 1.29 is 0 Å². The molecule has 1 saturated heterocycles. The maximum atomic E-state index is 5.88. The van der Waals surface area contributed by atoms with Gasteiger partial charge in [0.15, 0.2) is 5.13 Å². The first-order chi connectivity index (χ1) is 9.19. The predicted octanol–water partition coefficient (Wildman–Crippen LogP) is 3.74. The van der Waals surface area contributed by atoms with Gasteiger partial charge in [-0.05, 0) is 31.1 Å². The molecule has 0 amide bonds. The van der Waals surface area contributed by atoms with E-state index in [4.69, 9.17) is 10.7 Å². The Balaban J connectivity index is 2.11. The van der Waals surface area contributed by atoms with Crippen molar-refractivity contribution in [3.8, 4) is 0 Å². The Bertz CT molecular complexity index is 394. The monoisotopic (exact) mass is 281 g/mol. The Kier molecular flexibility index (Phi) is 5.22. The fraction of sp³-hybridized carbons (Fsp3) is 0.800. The van der Waals surface area contributed by atoms with Crippen molar-refractivity contribution >= 4 is 16.5 Å². The lowest BCUT2D eigenvalue weighted by atomic mass is 9.95. The number of nitrogens with two attached hydrogens (primary N) is 1. The second-order valence-corrected chi connectivity index (χ2v) is 6.72. The number of nitrogens with zero attached hydrogens (tertiary/aromatic N) is 2. The maximum absolute atomic E-state index is 5.88. The van der Waals surface area contributed by atoms with E-state index < -0.39 is 0 Å². The Morgan fingerprint density at radius 3 is 2.58 bits per heavy atom. The van der Waals surface area contributed by atoms with Gasteiger partial charge in [-0.25, -0.2) is 4.98 Å². The summed E-state index contributed by atoms with van der Waals surface area (Å²) >= 11 is 1.81. The molecule has 1 fully saturated rings. The molecule has 0 spiro atoms. The van der Waals surface area contributed by atoms with Crippen LogP contribution in [-0.2, 0) is 6.54 Å². The zero-order chi connectivity index (χ0) is 13.8. The molecular weight excluding hydrogens is 254 g/mol. The molecule has 0 saturated carbocycles. The lowest BCUT2D eigenvalue weighted by molar-refractivity contribution is 0.395. The second-order valence-electron chi connectivity index (χ2n) is 5.66. The summed E-state index contributed by atoms with van der Waals surface area (Å²) in [5, 5.41) is 1.20. The molecule has 0 aliphatic carbocycles. The van der Waals surface area contributed by atoms with Crippen LogP contribution in [0.1, 0.15) is 62.9 Å². The van der Waals surface area contributed by atoms with Gasteiger partial charge in [0.05, 0.1) is 5.69 Å². The van der Waals surface area contributed by atoms with Crippen LogP contribution in [0.5, 0.6) is 0 Å². The predicted molar refractivity (Wildman–Crippen MR) is 83.9 cm³/mol. The van der Waals surface area contributed by atoms with E-state index in [0.29, 0.717) is 12.5 Å². The Hall–Kier alpha value is -0.610. The summed E-state index contributed by atoms with van der Waals surface area (Å²) in [6, 6.07) is 0. The van der Waals surface area contributed by atoms with Gasteiger partial charge < -0.3 is 10.6 Å². The van der Waals surface area contributed by atoms with E-state index in [-0.39, 0.29) is 0 Å². The molecule has 1 unspecified atom stereocenters. The molecule has 1 aromatic heterocycles. The summed E-state index contributed by atoms with van der Waals surface area (Å²) < 4.78 is 0. The minimum absolute atomic E-state index is 0.525. The quantitative estimate of drug-likeness (QED) is 0.894. The van der Waals surface area contributed by atoms with E-state index in [2.05, 4.69) is 25.7 Å². The zero-order valence-electron chi connectivity index (χ0n) is 12.5. The van der Waals surface area contributed by atoms with Gasteiger partial charge in [0.25, 0.3) is 0 Å². The number of anilines is 1. The second kappa shape index (κ2) is 6.71. The van der Waals surface area contributed by atoms with E-state index in [1.807, 2.05) is 11.3 Å². The molecule has 19 heavy (non-hydrogen) atoms. The van der Waals surface area contributed by atoms with Gasteiger partial charge in [-0.2, -0.15) is 0 Å². The molecule has 1 atom stereocenters. The summed E-state index contributed by atoms with van der Waals surface area (Å²) in [5.41, 5.74) is 7.12. The number of rotatable bonds is 5. The number of aromatic nitrogens is 1. The van der Waals surface area contributed by atoms with E-state index in [1.165, 1.54) is 35.0 Å². The van der Waals surface area contributed by atoms with Gasteiger partial charge in [-0.1, -0.05) is 27.2 Å². The van der Waals surface area contributed by atoms with Crippen LogP contribution in [-0.4, -0.2) is 18.1 Å². The molecule has 1 aromatic rings. The third-order valence-electron chi connectivity index (χ3n) is 4.44. The molecule has 2 N–H and O–H groups in total. The summed E-state index contributed by atoms with van der Waals surface area (Å²) in [7, 11) is 0. The Morgan fingerprint density at radius 2 is 2.05 bits per heavy atom. The van der Waals surface area contributed by atoms with Crippen LogP contribution < -0.4 is 10.6 Å². The van der Waals surface area contributed by atoms with Crippen LogP contribution >= 0.6 is 11.3 Å². The lowest BCUT2D eigenvalue weighted by Crippen LogP contribution is -2.33. The van der Waals surface area contributed by atoms with Gasteiger partial charge >= 0.3 is 0 Å². The van der Waals surface area contributed by atoms with Crippen LogP contribution in [0, 0.1) is 5.92 Å². The summed E-state index contributed by atoms with van der Waals surface area (Å²) in [6.07, 6.45) is 5.07. The topological polar surface area (TPSA) is 42.2 Å². The van der Waals surface area contributed by atoms with Crippen molar-refractivity contribution in [1.29, 1.82) is 0 Å². The van der Waals surface area contributed by atoms with Crippen molar-refractivity contribution in [2.24, 2.45) is 11.7 Å². The minimum Gasteiger partial charge on any atom is -0.348 e. The summed E-state index contributed by atoms with van der Waals surface area (Å²) in [4.78, 5) is 8.63. The molecular formula is C15H27N3S. The Labute approximate surface area is 121 Å². The van der Waals surface area contributed by atoms with E-state index in [9.17, 15) is 0 Å². The molecule has 0 radical (unpaired) electrons. The number of hydrogen-bond acceptors (Lipinski definition) is 4. The van der Waals surface area contributed by atoms with Crippen molar-refractivity contribution in [1.82, 2.24) is 4.98 Å². The van der Waals surface area contributed by atoms with Crippen molar-refractivity contribution in [2.75, 3.05) is 18.0 Å². The molecule has 2 rings (SSSR count). The van der Waals surface area contributed by atoms with Crippen LogP contribution in [0.3, 0.4) is 0 Å². The fourth-order valence-electron chi connectivity index (χ4n) is 2.74. The highest BCUT2D eigenvalue weighted by Crippen LogP contribution is 2.34. The van der Waals surface area contributed by atoms with Gasteiger partial charge in [0, 0.05) is 24.5 Å². The highest BCUT2D eigenvalue weighted by molar-refractivity contribution is 7.15. The third-order valence-corrected chi connectivity index (χ3v) is 5.60. The van der Waals surface area contributed by atoms with Crippen LogP contribution in [0.25, 0.3) is 0 Å². The highest BCUT2D eigenvalue weighted by Gasteiger charge is 2.22. The van der Waals surface area contributed by atoms with Gasteiger partial charge in [-0.15, -0.1) is 11.3 Å². The lowest BCUT2D eigenvalue weighted by Gasteiger charge is -2.31. The standard InChI is InChI=1S/C15H27N3S/c1-4-11(3)14-13(10-16)19-15(17-14)18-8-6-12(5-2)7-9-18/h11-12H,4-10,16H2,1-3H3. The van der Waals surface area contributed by atoms with Gasteiger partial charge in [0.1, 0.15) is 0 Å². The molecule has 3 nitrogen and oxygen atoms in total. The van der Waals surface area contributed by atoms with Gasteiger partial charge in [0.2, 0.25) is 0 Å². The first-order valence-corrected chi connectivity index (χ1v) is 8.45. The summed E-state index contributed by atoms with van der Waals surface area (Å²) in [5.74, 6) is 1.44. The van der Waals surface area contributed by atoms with E-state index in [1.54, 1.807) is 0 Å². The van der Waals surface area contributed by atoms with Crippen molar-refractivity contribution in [3.63, 3.8) is 0 Å². The average Bonchev–Trinajstić information content (AvgIpc) is 2.90. The molecule has 1 aliphatic heterocycles. The number of piperidine rings is 1. The third kappa shape index (κ3) is 3.29. The van der Waals surface area contributed by atoms with Crippen molar-refractivity contribution in [3.05, 3.63) is 10.6 Å². The number of hydrogen-bond donors (Lipinski definition) is 1. The largest absolute Gasteiger partial charge is 0.348 e. The molecule has 0 aromatic carbocycles. The van der Waals surface area contributed by atoms with E-state index >= 15 is 0 Å². The summed E-state index contributed by atoms with van der Waals surface area (Å²) in [6.45, 7) is 9.73. The Morgan fingerprint density at radius 1 is 1.37 bits per heavy atom. The van der Waals surface area contributed by atoms with Crippen molar-refractivity contribution in [2.45, 2.75) is 58.9 Å². The zero-order valence-corrected chi connectivity index (χ0v) is 13.3. The molecule has 108 valence electrons. The normalized spacial score (nSPS) is 18.8. The molecule has 0 bridgehead atoms. The first kappa shape index (κ1) is 14.8. The SMILES string of the molecule is CCC1CCN(c2nc(C(C)CC)c(CN)s2)CC1. The number of thiazole rings is 1. The average molecular weight is 281 g/mol. The van der Waals surface area contributed by atoms with Crippen LogP contribution in [0.2, 0.25) is 0 Å². The fourth-order valence-corrected chi connectivity index (χ4v) is 3.85. The molecule has 2 heterocycles. The van der Waals surface area contributed by atoms with E-state index in [0.717, 1.165) is 25.4 Å². The molecule has 1 aliphatic rings. The smallest absolute Gasteiger partial charge is 0.185 e. The highest BCUT2D eigenvalue weighted by atomic mass is 32.1. The molecule has 4 heteroatoms.